The molecule has 5 nitrogen and oxygen atoms in total. The fourth-order valence-electron chi connectivity index (χ4n) is 1.49. The predicted molar refractivity (Wildman–Crippen MR) is 70.4 cm³/mol. The Morgan fingerprint density at radius 2 is 2.06 bits per heavy atom. The highest BCUT2D eigenvalue weighted by Gasteiger charge is 2.25. The van der Waals surface area contributed by atoms with Crippen LogP contribution in [0.3, 0.4) is 0 Å². The number of hydrogen-bond donors (Lipinski definition) is 1. The van der Waals surface area contributed by atoms with E-state index in [1.54, 1.807) is 6.07 Å². The Kier molecular flexibility index (Phi) is 3.47. The molecule has 0 atom stereocenters. The largest absolute Gasteiger partial charge is 0.487 e. The van der Waals surface area contributed by atoms with Gasteiger partial charge in [-0.05, 0) is 30.9 Å². The second-order valence-electron chi connectivity index (χ2n) is 4.93. The normalized spacial score (nSPS) is 15.8. The van der Waals surface area contributed by atoms with Crippen molar-refractivity contribution in [2.75, 3.05) is 11.0 Å². The van der Waals surface area contributed by atoms with Crippen molar-refractivity contribution in [3.05, 3.63) is 17.8 Å². The van der Waals surface area contributed by atoms with Crippen LogP contribution in [-0.2, 0) is 10.0 Å². The fraction of sp³-hybridized carbons (Fsp3) is 0.583. The van der Waals surface area contributed by atoms with E-state index in [1.807, 2.05) is 19.9 Å². The molecule has 1 aliphatic rings. The third kappa shape index (κ3) is 3.60. The van der Waals surface area contributed by atoms with Gasteiger partial charge in [0.2, 0.25) is 10.0 Å². The number of nitrogens with one attached hydrogen (secondary N) is 1. The zero-order valence-electron chi connectivity index (χ0n) is 10.8. The summed E-state index contributed by atoms with van der Waals surface area (Å²) in [7, 11) is -3.35. The smallest absolute Gasteiger partial charge is 0.231 e. The molecule has 100 valence electrons. The Balaban J connectivity index is 2.32. The summed E-state index contributed by atoms with van der Waals surface area (Å²) in [6.45, 7) is 4.02. The third-order valence-corrected chi connectivity index (χ3v) is 3.14. The second-order valence-corrected chi connectivity index (χ2v) is 6.68. The molecular weight excluding hydrogens is 252 g/mol. The molecule has 0 aliphatic heterocycles. The minimum absolute atomic E-state index is 0.205. The Hall–Kier alpha value is -1.30. The maximum Gasteiger partial charge on any atom is 0.231 e. The first-order valence-electron chi connectivity index (χ1n) is 6.00. The molecule has 0 radical (unpaired) electrons. The maximum absolute atomic E-state index is 11.3. The van der Waals surface area contributed by atoms with Gasteiger partial charge in [-0.3, -0.25) is 4.72 Å². The van der Waals surface area contributed by atoms with E-state index in [1.165, 1.54) is 0 Å². The number of pyridine rings is 1. The van der Waals surface area contributed by atoms with Gasteiger partial charge in [0.25, 0.3) is 0 Å². The summed E-state index contributed by atoms with van der Waals surface area (Å²) < 4.78 is 30.7. The molecule has 0 aromatic carbocycles. The van der Waals surface area contributed by atoms with E-state index < -0.39 is 10.0 Å². The molecule has 1 aromatic rings. The van der Waals surface area contributed by atoms with E-state index in [9.17, 15) is 8.42 Å². The molecule has 0 spiro atoms. The molecule has 0 bridgehead atoms. The van der Waals surface area contributed by atoms with E-state index in [2.05, 4.69) is 9.71 Å². The van der Waals surface area contributed by atoms with E-state index in [0.29, 0.717) is 5.75 Å². The van der Waals surface area contributed by atoms with Gasteiger partial charge in [-0.2, -0.15) is 0 Å². The van der Waals surface area contributed by atoms with E-state index in [0.717, 1.165) is 24.8 Å². The van der Waals surface area contributed by atoms with Crippen molar-refractivity contribution in [1.29, 1.82) is 0 Å². The molecule has 6 heteroatoms. The van der Waals surface area contributed by atoms with E-state index in [4.69, 9.17) is 4.74 Å². The molecule has 0 unspecified atom stereocenters. The Bertz CT molecular complexity index is 536. The lowest BCUT2D eigenvalue weighted by atomic mass is 10.1. The molecule has 1 aromatic heterocycles. The molecule has 0 saturated heterocycles. The average molecular weight is 270 g/mol. The molecule has 1 heterocycles. The summed E-state index contributed by atoms with van der Waals surface area (Å²) in [5.41, 5.74) is 0.837. The van der Waals surface area contributed by atoms with Crippen molar-refractivity contribution >= 4 is 15.8 Å². The van der Waals surface area contributed by atoms with Crippen molar-refractivity contribution in [1.82, 2.24) is 4.98 Å². The second kappa shape index (κ2) is 4.76. The summed E-state index contributed by atoms with van der Waals surface area (Å²) in [4.78, 5) is 4.32. The highest BCUT2D eigenvalue weighted by molar-refractivity contribution is 7.92. The van der Waals surface area contributed by atoms with Crippen molar-refractivity contribution < 1.29 is 13.2 Å². The van der Waals surface area contributed by atoms with Gasteiger partial charge in [0.15, 0.2) is 11.6 Å². The van der Waals surface area contributed by atoms with Crippen LogP contribution in [0.5, 0.6) is 5.75 Å². The molecule has 2 rings (SSSR count). The highest BCUT2D eigenvalue weighted by Crippen LogP contribution is 2.32. The Morgan fingerprint density at radius 3 is 2.56 bits per heavy atom. The van der Waals surface area contributed by atoms with Gasteiger partial charge < -0.3 is 4.74 Å². The summed E-state index contributed by atoms with van der Waals surface area (Å²) in [5, 5.41) is 0. The SMILES string of the molecule is CC(C)c1ccc(OC2CC2)c(NS(C)(=O)=O)n1. The molecule has 1 saturated carbocycles. The van der Waals surface area contributed by atoms with Gasteiger partial charge in [-0.25, -0.2) is 13.4 Å². The first-order chi connectivity index (χ1) is 8.35. The standard InChI is InChI=1S/C12H18N2O3S/c1-8(2)10-6-7-11(17-9-4-5-9)12(13-10)14-18(3,15)16/h6-9H,4-5H2,1-3H3,(H,13,14). The van der Waals surface area contributed by atoms with Gasteiger partial charge in [0, 0.05) is 5.69 Å². The van der Waals surface area contributed by atoms with Crippen LogP contribution >= 0.6 is 0 Å². The molecule has 0 amide bonds. The van der Waals surface area contributed by atoms with Crippen LogP contribution in [0, 0.1) is 0 Å². The number of aromatic nitrogens is 1. The van der Waals surface area contributed by atoms with Crippen LogP contribution in [0.4, 0.5) is 5.82 Å². The number of sulfonamides is 1. The van der Waals surface area contributed by atoms with Crippen molar-refractivity contribution in [2.45, 2.75) is 38.7 Å². The Morgan fingerprint density at radius 1 is 1.39 bits per heavy atom. The van der Waals surface area contributed by atoms with E-state index in [-0.39, 0.29) is 17.8 Å². The topological polar surface area (TPSA) is 68.3 Å². The van der Waals surface area contributed by atoms with Gasteiger partial charge in [0.05, 0.1) is 12.4 Å². The summed E-state index contributed by atoms with van der Waals surface area (Å²) in [6.07, 6.45) is 3.35. The molecule has 1 aliphatic carbocycles. The minimum Gasteiger partial charge on any atom is -0.487 e. The third-order valence-electron chi connectivity index (χ3n) is 2.57. The van der Waals surface area contributed by atoms with Gasteiger partial charge in [-0.1, -0.05) is 13.8 Å². The molecular formula is C12H18N2O3S. The number of anilines is 1. The van der Waals surface area contributed by atoms with Crippen molar-refractivity contribution in [3.63, 3.8) is 0 Å². The summed E-state index contributed by atoms with van der Waals surface area (Å²) in [5.74, 6) is 1.03. The van der Waals surface area contributed by atoms with Gasteiger partial charge >= 0.3 is 0 Å². The predicted octanol–water partition coefficient (Wildman–Crippen LogP) is 2.12. The lowest BCUT2D eigenvalue weighted by molar-refractivity contribution is 0.303. The lowest BCUT2D eigenvalue weighted by Crippen LogP contribution is -2.13. The Labute approximate surface area is 108 Å². The maximum atomic E-state index is 11.3. The van der Waals surface area contributed by atoms with Crippen molar-refractivity contribution in [2.24, 2.45) is 0 Å². The quantitative estimate of drug-likeness (QED) is 0.889. The lowest BCUT2D eigenvalue weighted by Gasteiger charge is -2.13. The summed E-state index contributed by atoms with van der Waals surface area (Å²) >= 11 is 0. The van der Waals surface area contributed by atoms with Crippen LogP contribution in [0.1, 0.15) is 38.3 Å². The average Bonchev–Trinajstić information content (AvgIpc) is 3.02. The van der Waals surface area contributed by atoms with Gasteiger partial charge in [0.1, 0.15) is 0 Å². The molecule has 1 fully saturated rings. The van der Waals surface area contributed by atoms with Crippen LogP contribution in [0.25, 0.3) is 0 Å². The van der Waals surface area contributed by atoms with Crippen LogP contribution < -0.4 is 9.46 Å². The fourth-order valence-corrected chi connectivity index (χ4v) is 1.99. The number of rotatable bonds is 5. The van der Waals surface area contributed by atoms with Crippen LogP contribution in [0.2, 0.25) is 0 Å². The van der Waals surface area contributed by atoms with E-state index >= 15 is 0 Å². The zero-order valence-corrected chi connectivity index (χ0v) is 11.6. The van der Waals surface area contributed by atoms with Crippen molar-refractivity contribution in [3.8, 4) is 5.75 Å². The first kappa shape index (κ1) is 13.1. The summed E-state index contributed by atoms with van der Waals surface area (Å²) in [6, 6.07) is 3.66. The minimum atomic E-state index is -3.35. The van der Waals surface area contributed by atoms with Crippen LogP contribution in [-0.4, -0.2) is 25.8 Å². The van der Waals surface area contributed by atoms with Crippen LogP contribution in [0.15, 0.2) is 12.1 Å². The highest BCUT2D eigenvalue weighted by atomic mass is 32.2. The molecule has 18 heavy (non-hydrogen) atoms. The van der Waals surface area contributed by atoms with Gasteiger partial charge in [-0.15, -0.1) is 0 Å². The number of hydrogen-bond acceptors (Lipinski definition) is 4. The first-order valence-corrected chi connectivity index (χ1v) is 7.89. The molecule has 1 N–H and O–H groups in total. The number of nitrogens with zero attached hydrogens (tertiary/aromatic N) is 1. The zero-order chi connectivity index (χ0) is 13.3. The monoisotopic (exact) mass is 270 g/mol. The number of ether oxygens (including phenoxy) is 1.